The molecule has 10 heteroatoms. The molecule has 4 aliphatic carbocycles. The van der Waals surface area contributed by atoms with Crippen molar-refractivity contribution in [1.82, 2.24) is 4.13 Å². The summed E-state index contributed by atoms with van der Waals surface area (Å²) < 4.78 is 83.9. The van der Waals surface area contributed by atoms with E-state index >= 15 is 0 Å². The van der Waals surface area contributed by atoms with Gasteiger partial charge < -0.3 is 0 Å². The fourth-order valence-electron chi connectivity index (χ4n) is 4.64. The van der Waals surface area contributed by atoms with Crippen LogP contribution in [0.15, 0.2) is 0 Å². The minimum Gasteiger partial charge on any atom is -0.211 e. The SMILES string of the molecule is O=S(=O)(NS(=O)(=O)C12CC3CC(CC(C3)C1)C2)C(F)(F)F. The molecule has 5 nitrogen and oxygen atoms in total. The van der Waals surface area contributed by atoms with Gasteiger partial charge in [-0.1, -0.05) is 0 Å². The molecule has 0 saturated heterocycles. The maximum absolute atomic E-state index is 12.4. The minimum absolute atomic E-state index is 0.182. The third-order valence-electron chi connectivity index (χ3n) is 5.08. The Kier molecular flexibility index (Phi) is 3.22. The van der Waals surface area contributed by atoms with Crippen LogP contribution in [0.5, 0.6) is 0 Å². The second kappa shape index (κ2) is 4.35. The Labute approximate surface area is 121 Å². The van der Waals surface area contributed by atoms with Gasteiger partial charge in [0.05, 0.1) is 4.75 Å². The fourth-order valence-corrected chi connectivity index (χ4v) is 8.25. The molecule has 0 atom stereocenters. The van der Waals surface area contributed by atoms with Crippen molar-refractivity contribution < 1.29 is 30.0 Å². The van der Waals surface area contributed by atoms with E-state index in [2.05, 4.69) is 0 Å². The molecule has 21 heavy (non-hydrogen) atoms. The fraction of sp³-hybridized carbons (Fsp3) is 1.00. The lowest BCUT2D eigenvalue weighted by Crippen LogP contribution is -2.59. The van der Waals surface area contributed by atoms with Crippen LogP contribution in [0.1, 0.15) is 38.5 Å². The standard InChI is InChI=1S/C11H16F3NO4S2/c12-11(13,14)21(18,19)15-20(16,17)10-4-7-1-8(5-10)3-9(2-7)6-10/h7-9,15H,1-6H2. The first-order chi connectivity index (χ1) is 9.44. The number of hydrogen-bond donors (Lipinski definition) is 1. The molecule has 4 saturated carbocycles. The zero-order valence-electron chi connectivity index (χ0n) is 11.1. The molecule has 0 heterocycles. The summed E-state index contributed by atoms with van der Waals surface area (Å²) in [5, 5.41) is 0. The number of rotatable bonds is 3. The van der Waals surface area contributed by atoms with E-state index in [1.54, 1.807) is 0 Å². The van der Waals surface area contributed by atoms with Gasteiger partial charge >= 0.3 is 15.5 Å². The Hall–Kier alpha value is -0.350. The highest BCUT2D eigenvalue weighted by Crippen LogP contribution is 2.58. The first-order valence-electron chi connectivity index (χ1n) is 6.79. The van der Waals surface area contributed by atoms with Crippen LogP contribution in [-0.4, -0.2) is 27.1 Å². The van der Waals surface area contributed by atoms with E-state index in [-0.39, 0.29) is 37.0 Å². The molecule has 0 amide bonds. The van der Waals surface area contributed by atoms with Crippen molar-refractivity contribution in [2.24, 2.45) is 17.8 Å². The van der Waals surface area contributed by atoms with E-state index in [0.717, 1.165) is 23.4 Å². The topological polar surface area (TPSA) is 80.3 Å². The van der Waals surface area contributed by atoms with Crippen LogP contribution in [0.25, 0.3) is 0 Å². The molecular formula is C11H16F3NO4S2. The van der Waals surface area contributed by atoms with Crippen molar-refractivity contribution >= 4 is 20.0 Å². The third kappa shape index (κ3) is 2.39. The quantitative estimate of drug-likeness (QED) is 0.843. The molecule has 0 radical (unpaired) electrons. The van der Waals surface area contributed by atoms with E-state index in [1.165, 1.54) is 0 Å². The smallest absolute Gasteiger partial charge is 0.211 e. The summed E-state index contributed by atoms with van der Waals surface area (Å²) in [5.74, 6) is 0.546. The number of hydrogen-bond acceptors (Lipinski definition) is 4. The van der Waals surface area contributed by atoms with E-state index in [4.69, 9.17) is 0 Å². The lowest BCUT2D eigenvalue weighted by molar-refractivity contribution is -0.0442. The zero-order valence-corrected chi connectivity index (χ0v) is 12.7. The monoisotopic (exact) mass is 347 g/mol. The van der Waals surface area contributed by atoms with E-state index in [9.17, 15) is 30.0 Å². The van der Waals surface area contributed by atoms with Crippen molar-refractivity contribution in [3.63, 3.8) is 0 Å². The summed E-state index contributed by atoms with van der Waals surface area (Å²) in [6.45, 7) is 0. The lowest BCUT2D eigenvalue weighted by atomic mass is 9.56. The highest BCUT2D eigenvalue weighted by Gasteiger charge is 2.60. The van der Waals surface area contributed by atoms with Crippen LogP contribution >= 0.6 is 0 Å². The summed E-state index contributed by atoms with van der Waals surface area (Å²) >= 11 is 0. The second-order valence-electron chi connectivity index (χ2n) is 6.64. The minimum atomic E-state index is -5.89. The first-order valence-corrected chi connectivity index (χ1v) is 9.75. The van der Waals surface area contributed by atoms with Gasteiger partial charge in [-0.15, -0.1) is 4.13 Å². The van der Waals surface area contributed by atoms with Crippen LogP contribution in [-0.2, 0) is 20.0 Å². The van der Waals surface area contributed by atoms with Gasteiger partial charge in [0, 0.05) is 0 Å². The van der Waals surface area contributed by atoms with Crippen molar-refractivity contribution in [2.75, 3.05) is 0 Å². The zero-order chi connectivity index (χ0) is 15.7. The molecule has 0 spiro atoms. The van der Waals surface area contributed by atoms with Crippen LogP contribution in [0.2, 0.25) is 0 Å². The van der Waals surface area contributed by atoms with Gasteiger partial charge in [0.2, 0.25) is 10.0 Å². The largest absolute Gasteiger partial charge is 0.512 e. The molecule has 0 aromatic heterocycles. The Balaban J connectivity index is 1.93. The summed E-state index contributed by atoms with van der Waals surface area (Å²) in [6, 6.07) is 0. The molecule has 0 aromatic rings. The highest BCUT2D eigenvalue weighted by atomic mass is 32.3. The first kappa shape index (κ1) is 15.5. The summed E-state index contributed by atoms with van der Waals surface area (Å²) in [6.07, 6.45) is 3.51. The maximum atomic E-state index is 12.4. The van der Waals surface area contributed by atoms with Crippen LogP contribution in [0.3, 0.4) is 0 Å². The molecule has 4 fully saturated rings. The average molecular weight is 347 g/mol. The van der Waals surface area contributed by atoms with Crippen LogP contribution < -0.4 is 4.13 Å². The van der Waals surface area contributed by atoms with Gasteiger partial charge in [0.15, 0.2) is 0 Å². The van der Waals surface area contributed by atoms with Crippen LogP contribution in [0, 0.1) is 17.8 Å². The van der Waals surface area contributed by atoms with Gasteiger partial charge in [-0.05, 0) is 56.3 Å². The summed E-state index contributed by atoms with van der Waals surface area (Å²) in [4.78, 5) is 0. The molecule has 0 aliphatic heterocycles. The van der Waals surface area contributed by atoms with Crippen LogP contribution in [0.4, 0.5) is 13.2 Å². The van der Waals surface area contributed by atoms with Crippen molar-refractivity contribution in [3.8, 4) is 0 Å². The van der Waals surface area contributed by atoms with Gasteiger partial charge in [-0.2, -0.15) is 13.2 Å². The van der Waals surface area contributed by atoms with E-state index in [0.29, 0.717) is 0 Å². The third-order valence-corrected chi connectivity index (χ3v) is 9.08. The number of sulfonamides is 2. The number of nitrogens with one attached hydrogen (secondary N) is 1. The van der Waals surface area contributed by atoms with Gasteiger partial charge in [-0.3, -0.25) is 0 Å². The molecule has 0 aromatic carbocycles. The van der Waals surface area contributed by atoms with Crippen molar-refractivity contribution in [2.45, 2.75) is 48.8 Å². The normalized spacial score (nSPS) is 39.7. The lowest BCUT2D eigenvalue weighted by Gasteiger charge is -2.55. The van der Waals surface area contributed by atoms with Crippen molar-refractivity contribution in [1.29, 1.82) is 0 Å². The van der Waals surface area contributed by atoms with E-state index < -0.39 is 30.3 Å². The number of alkyl halides is 3. The van der Waals surface area contributed by atoms with Gasteiger partial charge in [0.1, 0.15) is 0 Å². The summed E-state index contributed by atoms with van der Waals surface area (Å²) in [7, 11) is -10.5. The molecule has 4 rings (SSSR count). The number of halogens is 3. The Morgan fingerprint density at radius 2 is 1.24 bits per heavy atom. The summed E-state index contributed by atoms with van der Waals surface area (Å²) in [5.41, 5.74) is -5.62. The molecule has 4 bridgehead atoms. The molecule has 4 aliphatic rings. The molecule has 0 unspecified atom stereocenters. The predicted molar refractivity (Wildman–Crippen MR) is 67.9 cm³/mol. The molecule has 1 N–H and O–H groups in total. The maximum Gasteiger partial charge on any atom is 0.512 e. The van der Waals surface area contributed by atoms with Crippen molar-refractivity contribution in [3.05, 3.63) is 0 Å². The Morgan fingerprint density at radius 3 is 1.57 bits per heavy atom. The van der Waals surface area contributed by atoms with Gasteiger partial charge in [-0.25, -0.2) is 16.8 Å². The Bertz CT molecular complexity index is 618. The molecule has 122 valence electrons. The van der Waals surface area contributed by atoms with E-state index in [1.807, 2.05) is 0 Å². The van der Waals surface area contributed by atoms with Gasteiger partial charge in [0.25, 0.3) is 0 Å². The Morgan fingerprint density at radius 1 is 0.857 bits per heavy atom. The molecular weight excluding hydrogens is 331 g/mol. The highest BCUT2D eigenvalue weighted by molar-refractivity contribution is 8.05. The predicted octanol–water partition coefficient (Wildman–Crippen LogP) is 1.72. The second-order valence-corrected chi connectivity index (χ2v) is 10.6. The average Bonchev–Trinajstić information content (AvgIpc) is 2.23.